The largest absolute Gasteiger partial charge is 0.480 e. The van der Waals surface area contributed by atoms with Crippen LogP contribution in [0.3, 0.4) is 0 Å². The molecule has 1 aromatic rings. The fourth-order valence-electron chi connectivity index (χ4n) is 2.74. The van der Waals surface area contributed by atoms with Crippen molar-refractivity contribution in [2.24, 2.45) is 0 Å². The van der Waals surface area contributed by atoms with E-state index >= 15 is 0 Å². The normalized spacial score (nSPS) is 23.0. The van der Waals surface area contributed by atoms with Gasteiger partial charge in [0.05, 0.1) is 10.5 Å². The Morgan fingerprint density at radius 3 is 2.57 bits per heavy atom. The summed E-state index contributed by atoms with van der Waals surface area (Å²) in [6, 6.07) is 5.03. The van der Waals surface area contributed by atoms with Gasteiger partial charge in [0.1, 0.15) is 11.7 Å². The van der Waals surface area contributed by atoms with E-state index in [1.165, 1.54) is 6.07 Å². The average Bonchev–Trinajstić information content (AvgIpc) is 2.57. The molecule has 6 heteroatoms. The molecular formula is C15H20BrNO4. The fourth-order valence-corrected chi connectivity index (χ4v) is 3.09. The maximum absolute atomic E-state index is 11.2. The molecule has 1 aliphatic heterocycles. The average molecular weight is 358 g/mol. The number of hydrogen-bond donors (Lipinski definition) is 0. The Morgan fingerprint density at radius 1 is 1.43 bits per heavy atom. The van der Waals surface area contributed by atoms with Crippen LogP contribution in [-0.4, -0.2) is 22.2 Å². The summed E-state index contributed by atoms with van der Waals surface area (Å²) in [5.74, 6) is 0.295. The minimum absolute atomic E-state index is 0.00699. The summed E-state index contributed by atoms with van der Waals surface area (Å²) in [6.07, 6.45) is 0.471. The molecule has 0 spiro atoms. The van der Waals surface area contributed by atoms with Crippen molar-refractivity contribution >= 4 is 21.6 Å². The lowest BCUT2D eigenvalue weighted by molar-refractivity contribution is -0.386. The number of nitrogens with zero attached hydrogens (tertiary/aromatic N) is 1. The van der Waals surface area contributed by atoms with Gasteiger partial charge in [0.25, 0.3) is 0 Å². The van der Waals surface area contributed by atoms with Gasteiger partial charge in [-0.15, -0.1) is 0 Å². The first kappa shape index (κ1) is 16.2. The van der Waals surface area contributed by atoms with Crippen LogP contribution < -0.4 is 4.74 Å². The topological polar surface area (TPSA) is 61.6 Å². The highest BCUT2D eigenvalue weighted by atomic mass is 79.9. The van der Waals surface area contributed by atoms with E-state index in [1.54, 1.807) is 6.07 Å². The predicted octanol–water partition coefficient (Wildman–Crippen LogP) is 4.21. The lowest BCUT2D eigenvalue weighted by Crippen LogP contribution is -2.36. The van der Waals surface area contributed by atoms with Gasteiger partial charge < -0.3 is 9.47 Å². The Hall–Kier alpha value is -1.14. The molecule has 0 aliphatic carbocycles. The van der Waals surface area contributed by atoms with E-state index in [0.717, 1.165) is 5.56 Å². The number of benzene rings is 1. The molecule has 2 rings (SSSR count). The molecule has 0 aromatic heterocycles. The van der Waals surface area contributed by atoms with Crippen molar-refractivity contribution in [1.29, 1.82) is 0 Å². The number of ether oxygens (including phenoxy) is 2. The molecule has 0 radical (unpaired) electrons. The highest BCUT2D eigenvalue weighted by Gasteiger charge is 2.48. The zero-order valence-corrected chi connectivity index (χ0v) is 14.3. The number of rotatable bonds is 4. The molecule has 0 saturated carbocycles. The molecule has 21 heavy (non-hydrogen) atoms. The van der Waals surface area contributed by atoms with Gasteiger partial charge in [-0.2, -0.15) is 0 Å². The van der Waals surface area contributed by atoms with Gasteiger partial charge in [0.15, 0.2) is 5.75 Å². The summed E-state index contributed by atoms with van der Waals surface area (Å²) >= 11 is 3.30. The van der Waals surface area contributed by atoms with Crippen LogP contribution in [0.5, 0.6) is 5.75 Å². The third-order valence-electron chi connectivity index (χ3n) is 3.64. The standard InChI is InChI=1S/C15H20BrNO4/c1-14(2)8-13(15(3,4)21-14)20-12-6-5-10(9-16)7-11(12)17(18)19/h5-7,13H,8-9H2,1-4H3. The third-order valence-corrected chi connectivity index (χ3v) is 4.28. The molecule has 1 unspecified atom stereocenters. The summed E-state index contributed by atoms with van der Waals surface area (Å²) in [5, 5.41) is 11.8. The van der Waals surface area contributed by atoms with E-state index in [1.807, 2.05) is 33.8 Å². The lowest BCUT2D eigenvalue weighted by atomic mass is 9.97. The molecule has 1 saturated heterocycles. The van der Waals surface area contributed by atoms with Gasteiger partial charge in [0, 0.05) is 17.8 Å². The predicted molar refractivity (Wildman–Crippen MR) is 84.0 cm³/mol. The van der Waals surface area contributed by atoms with Crippen LogP contribution in [0.1, 0.15) is 39.7 Å². The van der Waals surface area contributed by atoms with Crippen molar-refractivity contribution in [3.8, 4) is 5.75 Å². The Labute approximate surface area is 132 Å². The molecule has 0 bridgehead atoms. The minimum atomic E-state index is -0.481. The molecule has 0 N–H and O–H groups in total. The van der Waals surface area contributed by atoms with E-state index < -0.39 is 10.5 Å². The summed E-state index contributed by atoms with van der Waals surface area (Å²) in [7, 11) is 0. The smallest absolute Gasteiger partial charge is 0.311 e. The van der Waals surface area contributed by atoms with E-state index in [2.05, 4.69) is 15.9 Å². The van der Waals surface area contributed by atoms with Gasteiger partial charge in [-0.3, -0.25) is 10.1 Å². The van der Waals surface area contributed by atoms with E-state index in [-0.39, 0.29) is 17.4 Å². The lowest BCUT2D eigenvalue weighted by Gasteiger charge is -2.27. The first-order valence-electron chi connectivity index (χ1n) is 6.85. The van der Waals surface area contributed by atoms with E-state index in [4.69, 9.17) is 9.47 Å². The molecule has 1 fully saturated rings. The van der Waals surface area contributed by atoms with E-state index in [9.17, 15) is 10.1 Å². The van der Waals surface area contributed by atoms with Crippen molar-refractivity contribution in [2.75, 3.05) is 0 Å². The molecule has 5 nitrogen and oxygen atoms in total. The number of alkyl halides is 1. The maximum atomic E-state index is 11.2. The number of halogens is 1. The van der Waals surface area contributed by atoms with Gasteiger partial charge >= 0.3 is 5.69 Å². The van der Waals surface area contributed by atoms with Gasteiger partial charge in [-0.25, -0.2) is 0 Å². The number of nitro groups is 1. The van der Waals surface area contributed by atoms with Gasteiger partial charge in [0.2, 0.25) is 0 Å². The molecule has 1 aliphatic rings. The second kappa shape index (κ2) is 5.57. The zero-order chi connectivity index (χ0) is 15.8. The van der Waals surface area contributed by atoms with Crippen LogP contribution in [0.25, 0.3) is 0 Å². The Bertz CT molecular complexity index is 557. The third kappa shape index (κ3) is 3.55. The molecule has 1 atom stereocenters. The summed E-state index contributed by atoms with van der Waals surface area (Å²) < 4.78 is 11.9. The molecule has 1 heterocycles. The minimum Gasteiger partial charge on any atom is -0.480 e. The van der Waals surface area contributed by atoms with Crippen LogP contribution in [-0.2, 0) is 10.1 Å². The van der Waals surface area contributed by atoms with E-state index in [0.29, 0.717) is 17.5 Å². The van der Waals surface area contributed by atoms with Crippen LogP contribution >= 0.6 is 15.9 Å². The van der Waals surface area contributed by atoms with Crippen LogP contribution in [0.15, 0.2) is 18.2 Å². The molecule has 1 aromatic carbocycles. The summed E-state index contributed by atoms with van der Waals surface area (Å²) in [5.41, 5.74) is 0.0632. The molecule has 0 amide bonds. The Balaban J connectivity index is 2.29. The van der Waals surface area contributed by atoms with Crippen LogP contribution in [0.2, 0.25) is 0 Å². The van der Waals surface area contributed by atoms with Crippen LogP contribution in [0, 0.1) is 10.1 Å². The van der Waals surface area contributed by atoms with Crippen molar-refractivity contribution in [3.63, 3.8) is 0 Å². The fraction of sp³-hybridized carbons (Fsp3) is 0.600. The van der Waals surface area contributed by atoms with Gasteiger partial charge in [-0.1, -0.05) is 22.0 Å². The Morgan fingerprint density at radius 2 is 2.10 bits per heavy atom. The molecular weight excluding hydrogens is 338 g/mol. The first-order valence-corrected chi connectivity index (χ1v) is 7.97. The SMILES string of the molecule is CC1(C)CC(Oc2ccc(CBr)cc2[N+](=O)[O-])C(C)(C)O1. The first-order chi connectivity index (χ1) is 9.64. The number of nitro benzene ring substituents is 1. The van der Waals surface area contributed by atoms with Crippen molar-refractivity contribution in [2.45, 2.75) is 56.8 Å². The second-order valence-corrected chi connectivity index (χ2v) is 7.03. The number of hydrogen-bond acceptors (Lipinski definition) is 4. The Kier molecular flexibility index (Phi) is 4.31. The summed E-state index contributed by atoms with van der Waals surface area (Å²) in [6.45, 7) is 7.90. The zero-order valence-electron chi connectivity index (χ0n) is 12.7. The van der Waals surface area contributed by atoms with Crippen molar-refractivity contribution in [3.05, 3.63) is 33.9 Å². The quantitative estimate of drug-likeness (QED) is 0.459. The highest BCUT2D eigenvalue weighted by Crippen LogP contribution is 2.41. The monoisotopic (exact) mass is 357 g/mol. The summed E-state index contributed by atoms with van der Waals surface area (Å²) in [4.78, 5) is 10.8. The van der Waals surface area contributed by atoms with Crippen LogP contribution in [0.4, 0.5) is 5.69 Å². The van der Waals surface area contributed by atoms with Crippen molar-refractivity contribution < 1.29 is 14.4 Å². The maximum Gasteiger partial charge on any atom is 0.311 e. The van der Waals surface area contributed by atoms with Gasteiger partial charge in [-0.05, 0) is 39.3 Å². The second-order valence-electron chi connectivity index (χ2n) is 6.47. The molecule has 116 valence electrons. The van der Waals surface area contributed by atoms with Crippen molar-refractivity contribution in [1.82, 2.24) is 0 Å². The highest BCUT2D eigenvalue weighted by molar-refractivity contribution is 9.08.